The zero-order chi connectivity index (χ0) is 11.8. The van der Waals surface area contributed by atoms with Crippen LogP contribution in [0.4, 0.5) is 0 Å². The first-order valence-corrected chi connectivity index (χ1v) is 4.71. The molecule has 0 aromatic heterocycles. The molecule has 0 N–H and O–H groups in total. The van der Waals surface area contributed by atoms with Crippen LogP contribution in [-0.2, 0) is 9.68 Å². The van der Waals surface area contributed by atoms with Gasteiger partial charge in [0.2, 0.25) is 0 Å². The maximum atomic E-state index is 10.8. The molecule has 1 aromatic carbocycles. The maximum absolute atomic E-state index is 10.8. The van der Waals surface area contributed by atoms with Crippen LogP contribution in [0.1, 0.15) is 12.0 Å². The van der Waals surface area contributed by atoms with Crippen molar-refractivity contribution in [2.75, 3.05) is 6.61 Å². The summed E-state index contributed by atoms with van der Waals surface area (Å²) in [6.45, 7) is 3.51. The van der Waals surface area contributed by atoms with Gasteiger partial charge in [-0.2, -0.15) is 10.1 Å². The molecule has 0 spiro atoms. The molecular formula is C12H11NO3. The van der Waals surface area contributed by atoms with E-state index < -0.39 is 0 Å². The Morgan fingerprint density at radius 1 is 1.44 bits per heavy atom. The third-order valence-corrected chi connectivity index (χ3v) is 1.80. The van der Waals surface area contributed by atoms with E-state index in [1.165, 1.54) is 6.08 Å². The van der Waals surface area contributed by atoms with E-state index in [-0.39, 0.29) is 18.8 Å². The van der Waals surface area contributed by atoms with Gasteiger partial charge in [-0.1, -0.05) is 6.58 Å². The molecule has 0 unspecified atom stereocenters. The van der Waals surface area contributed by atoms with Crippen molar-refractivity contribution in [1.29, 1.82) is 5.26 Å². The van der Waals surface area contributed by atoms with Gasteiger partial charge in [0.15, 0.2) is 11.5 Å². The van der Waals surface area contributed by atoms with Crippen molar-refractivity contribution in [1.82, 2.24) is 0 Å². The minimum absolute atomic E-state index is 0.0940. The largest absolute Gasteiger partial charge is 0.338 e. The Hall–Kier alpha value is -2.12. The second kappa shape index (κ2) is 6.38. The van der Waals surface area contributed by atoms with Gasteiger partial charge in [0.1, 0.15) is 6.61 Å². The molecule has 16 heavy (non-hydrogen) atoms. The highest BCUT2D eigenvalue weighted by atomic mass is 17.2. The van der Waals surface area contributed by atoms with Crippen molar-refractivity contribution in [3.05, 3.63) is 42.5 Å². The van der Waals surface area contributed by atoms with E-state index in [9.17, 15) is 4.79 Å². The van der Waals surface area contributed by atoms with Gasteiger partial charge >= 0.3 is 0 Å². The molecule has 0 fully saturated rings. The SMILES string of the molecule is C=CC(=O)CCOOc1ccc(C#N)cc1. The topological polar surface area (TPSA) is 59.3 Å². The molecule has 0 atom stereocenters. The quantitative estimate of drug-likeness (QED) is 0.316. The predicted octanol–water partition coefficient (Wildman–Crippen LogP) is 2.01. The van der Waals surface area contributed by atoms with Crippen LogP contribution in [-0.4, -0.2) is 12.4 Å². The minimum atomic E-state index is -0.0940. The molecule has 0 aliphatic heterocycles. The van der Waals surface area contributed by atoms with E-state index in [0.717, 1.165) is 0 Å². The molecule has 0 bridgehead atoms. The Kier molecular flexibility index (Phi) is 4.77. The molecule has 1 aromatic rings. The lowest BCUT2D eigenvalue weighted by molar-refractivity contribution is -0.206. The van der Waals surface area contributed by atoms with Crippen LogP contribution < -0.4 is 4.89 Å². The molecule has 82 valence electrons. The fourth-order valence-corrected chi connectivity index (χ4v) is 0.939. The summed E-state index contributed by atoms with van der Waals surface area (Å²) in [6.07, 6.45) is 1.48. The molecule has 0 radical (unpaired) electrons. The summed E-state index contributed by atoms with van der Waals surface area (Å²) < 4.78 is 0. The van der Waals surface area contributed by atoms with Gasteiger partial charge in [-0.3, -0.25) is 4.79 Å². The van der Waals surface area contributed by atoms with Crippen molar-refractivity contribution < 1.29 is 14.6 Å². The van der Waals surface area contributed by atoms with Crippen molar-refractivity contribution in [3.63, 3.8) is 0 Å². The van der Waals surface area contributed by atoms with Crippen molar-refractivity contribution >= 4 is 5.78 Å². The summed E-state index contributed by atoms with van der Waals surface area (Å²) in [6, 6.07) is 8.47. The van der Waals surface area contributed by atoms with E-state index in [2.05, 4.69) is 6.58 Å². The van der Waals surface area contributed by atoms with Gasteiger partial charge < -0.3 is 4.89 Å². The fraction of sp³-hybridized carbons (Fsp3) is 0.167. The Bertz CT molecular complexity index is 403. The fourth-order valence-electron chi connectivity index (χ4n) is 0.939. The van der Waals surface area contributed by atoms with Crippen LogP contribution in [0.5, 0.6) is 5.75 Å². The Morgan fingerprint density at radius 2 is 2.12 bits per heavy atom. The lowest BCUT2D eigenvalue weighted by Crippen LogP contribution is -2.04. The average molecular weight is 217 g/mol. The van der Waals surface area contributed by atoms with E-state index in [4.69, 9.17) is 15.0 Å². The number of nitriles is 1. The predicted molar refractivity (Wildman–Crippen MR) is 57.6 cm³/mol. The van der Waals surface area contributed by atoms with Gasteiger partial charge in [0.05, 0.1) is 11.6 Å². The molecule has 0 saturated carbocycles. The number of nitrogens with zero attached hydrogens (tertiary/aromatic N) is 1. The van der Waals surface area contributed by atoms with Crippen molar-refractivity contribution in [2.24, 2.45) is 0 Å². The zero-order valence-corrected chi connectivity index (χ0v) is 8.68. The normalized spacial score (nSPS) is 9.19. The lowest BCUT2D eigenvalue weighted by Gasteiger charge is -2.03. The average Bonchev–Trinajstić information content (AvgIpc) is 2.35. The molecule has 0 saturated heterocycles. The summed E-state index contributed by atoms with van der Waals surface area (Å²) in [5, 5.41) is 8.56. The number of carbonyl (C=O) groups excluding carboxylic acids is 1. The van der Waals surface area contributed by atoms with Gasteiger partial charge in [-0.05, 0) is 30.3 Å². The van der Waals surface area contributed by atoms with Crippen molar-refractivity contribution in [3.8, 4) is 11.8 Å². The van der Waals surface area contributed by atoms with Crippen molar-refractivity contribution in [2.45, 2.75) is 6.42 Å². The second-order valence-corrected chi connectivity index (χ2v) is 2.96. The van der Waals surface area contributed by atoms with Gasteiger partial charge in [0.25, 0.3) is 0 Å². The highest BCUT2D eigenvalue weighted by molar-refractivity contribution is 5.89. The molecule has 0 heterocycles. The van der Waals surface area contributed by atoms with Crippen LogP contribution in [0.2, 0.25) is 0 Å². The highest BCUT2D eigenvalue weighted by Gasteiger charge is 1.98. The first-order chi connectivity index (χ1) is 7.76. The van der Waals surface area contributed by atoms with Gasteiger partial charge in [-0.15, -0.1) is 0 Å². The Morgan fingerprint density at radius 3 is 2.69 bits per heavy atom. The summed E-state index contributed by atoms with van der Waals surface area (Å²) in [5.41, 5.74) is 0.550. The molecule has 0 aliphatic carbocycles. The molecule has 1 rings (SSSR count). The van der Waals surface area contributed by atoms with Gasteiger partial charge in [0, 0.05) is 6.42 Å². The second-order valence-electron chi connectivity index (χ2n) is 2.96. The number of hydrogen-bond acceptors (Lipinski definition) is 4. The minimum Gasteiger partial charge on any atom is -0.338 e. The Balaban J connectivity index is 2.30. The molecular weight excluding hydrogens is 206 g/mol. The number of rotatable bonds is 6. The molecule has 4 heteroatoms. The summed E-state index contributed by atoms with van der Waals surface area (Å²) in [7, 11) is 0. The number of ketones is 1. The van der Waals surface area contributed by atoms with Crippen LogP contribution in [0.15, 0.2) is 36.9 Å². The first kappa shape index (κ1) is 12.0. The number of benzene rings is 1. The maximum Gasteiger partial charge on any atom is 0.165 e. The van der Waals surface area contributed by atoms with Gasteiger partial charge in [-0.25, -0.2) is 0 Å². The van der Waals surface area contributed by atoms with Crippen LogP contribution >= 0.6 is 0 Å². The highest BCUT2D eigenvalue weighted by Crippen LogP contribution is 2.11. The summed E-state index contributed by atoms with van der Waals surface area (Å²) >= 11 is 0. The smallest absolute Gasteiger partial charge is 0.165 e. The standard InChI is InChI=1S/C12H11NO3/c1-2-11(14)7-8-15-16-12-5-3-10(9-13)4-6-12/h2-6H,1,7-8H2. The third-order valence-electron chi connectivity index (χ3n) is 1.80. The number of carbonyl (C=O) groups is 1. The number of allylic oxidation sites excluding steroid dienone is 1. The summed E-state index contributed by atoms with van der Waals surface area (Å²) in [5.74, 6) is 0.397. The van der Waals surface area contributed by atoms with E-state index in [0.29, 0.717) is 11.3 Å². The zero-order valence-electron chi connectivity index (χ0n) is 8.68. The Labute approximate surface area is 93.6 Å². The van der Waals surface area contributed by atoms with Crippen LogP contribution in [0.25, 0.3) is 0 Å². The summed E-state index contributed by atoms with van der Waals surface area (Å²) in [4.78, 5) is 20.5. The van der Waals surface area contributed by atoms with Crippen LogP contribution in [0, 0.1) is 11.3 Å². The van der Waals surface area contributed by atoms with E-state index >= 15 is 0 Å². The van der Waals surface area contributed by atoms with E-state index in [1.54, 1.807) is 24.3 Å². The lowest BCUT2D eigenvalue weighted by atomic mass is 10.2. The molecule has 4 nitrogen and oxygen atoms in total. The van der Waals surface area contributed by atoms with Crippen LogP contribution in [0.3, 0.4) is 0 Å². The number of hydrogen-bond donors (Lipinski definition) is 0. The van der Waals surface area contributed by atoms with E-state index in [1.807, 2.05) is 6.07 Å². The molecule has 0 amide bonds. The molecule has 0 aliphatic rings. The monoisotopic (exact) mass is 217 g/mol. The first-order valence-electron chi connectivity index (χ1n) is 4.71. The third kappa shape index (κ3) is 3.95.